The first-order valence-corrected chi connectivity index (χ1v) is 9.52. The van der Waals surface area contributed by atoms with Gasteiger partial charge in [0.25, 0.3) is 0 Å². The number of aromatic nitrogens is 3. The molecule has 6 rings (SSSR count). The van der Waals surface area contributed by atoms with E-state index in [1.165, 1.54) is 10.8 Å². The molecule has 6 aromatic rings. The molecule has 0 N–H and O–H groups in total. The number of benzene rings is 4. The van der Waals surface area contributed by atoms with Gasteiger partial charge in [0.1, 0.15) is 0 Å². The van der Waals surface area contributed by atoms with Crippen LogP contribution >= 0.6 is 11.6 Å². The van der Waals surface area contributed by atoms with Crippen molar-refractivity contribution in [1.29, 1.82) is 0 Å². The first-order chi connectivity index (χ1) is 13.8. The van der Waals surface area contributed by atoms with Gasteiger partial charge in [-0.15, -0.1) is 0 Å². The Morgan fingerprint density at radius 3 is 1.89 bits per heavy atom. The highest BCUT2D eigenvalue weighted by molar-refractivity contribution is 6.29. The van der Waals surface area contributed by atoms with Crippen molar-refractivity contribution in [2.45, 2.75) is 0 Å². The van der Waals surface area contributed by atoms with Crippen molar-refractivity contribution in [2.75, 3.05) is 0 Å². The lowest BCUT2D eigenvalue weighted by molar-refractivity contribution is 1.07. The fraction of sp³-hybridized carbons (Fsp3) is 0. The summed E-state index contributed by atoms with van der Waals surface area (Å²) in [7, 11) is 0. The van der Waals surface area contributed by atoms with Gasteiger partial charge < -0.3 is 0 Å². The highest BCUT2D eigenvalue weighted by atomic mass is 35.5. The van der Waals surface area contributed by atoms with Gasteiger partial charge in [0.15, 0.2) is 5.82 Å². The van der Waals surface area contributed by atoms with Gasteiger partial charge in [0.2, 0.25) is 5.28 Å². The molecular formula is C24H14ClN3. The van der Waals surface area contributed by atoms with Crippen LogP contribution in [0.15, 0.2) is 84.9 Å². The first kappa shape index (κ1) is 15.6. The predicted octanol–water partition coefficient (Wildman–Crippen LogP) is 6.53. The van der Waals surface area contributed by atoms with Gasteiger partial charge in [-0.05, 0) is 35.2 Å². The van der Waals surface area contributed by atoms with Crippen molar-refractivity contribution in [3.05, 3.63) is 90.2 Å². The van der Waals surface area contributed by atoms with Gasteiger partial charge >= 0.3 is 0 Å². The third-order valence-electron chi connectivity index (χ3n) is 5.34. The Morgan fingerprint density at radius 1 is 0.571 bits per heavy atom. The molecule has 3 nitrogen and oxygen atoms in total. The lowest BCUT2D eigenvalue weighted by Gasteiger charge is -2.12. The SMILES string of the molecule is Clc1nc(-n2c3ccccc3c3ccccc32)c2ccc3ccccc3c2n1. The van der Waals surface area contributed by atoms with Crippen LogP contribution in [-0.2, 0) is 0 Å². The first-order valence-electron chi connectivity index (χ1n) is 9.15. The molecular weight excluding hydrogens is 366 g/mol. The Hall–Kier alpha value is -3.43. The van der Waals surface area contributed by atoms with Crippen LogP contribution < -0.4 is 0 Å². The molecule has 0 spiro atoms. The van der Waals surface area contributed by atoms with Crippen LogP contribution in [0, 0.1) is 0 Å². The van der Waals surface area contributed by atoms with Crippen molar-refractivity contribution in [3.63, 3.8) is 0 Å². The van der Waals surface area contributed by atoms with E-state index in [9.17, 15) is 0 Å². The summed E-state index contributed by atoms with van der Waals surface area (Å²) in [6.45, 7) is 0. The third-order valence-corrected chi connectivity index (χ3v) is 5.50. The average molecular weight is 380 g/mol. The fourth-order valence-electron chi connectivity index (χ4n) is 4.14. The van der Waals surface area contributed by atoms with Crippen LogP contribution in [0.3, 0.4) is 0 Å². The van der Waals surface area contributed by atoms with Crippen LogP contribution in [0.5, 0.6) is 0 Å². The topological polar surface area (TPSA) is 30.7 Å². The van der Waals surface area contributed by atoms with E-state index in [0.717, 1.165) is 38.5 Å². The molecule has 0 saturated carbocycles. The Kier molecular flexibility index (Phi) is 3.22. The normalized spacial score (nSPS) is 11.8. The van der Waals surface area contributed by atoms with Crippen molar-refractivity contribution in [3.8, 4) is 5.82 Å². The number of nitrogens with zero attached hydrogens (tertiary/aromatic N) is 3. The van der Waals surface area contributed by atoms with E-state index in [1.807, 2.05) is 12.1 Å². The predicted molar refractivity (Wildman–Crippen MR) is 116 cm³/mol. The molecule has 132 valence electrons. The number of para-hydroxylation sites is 2. The lowest BCUT2D eigenvalue weighted by atomic mass is 10.1. The molecule has 2 heterocycles. The van der Waals surface area contributed by atoms with E-state index >= 15 is 0 Å². The maximum atomic E-state index is 6.41. The molecule has 4 aromatic carbocycles. The Balaban J connectivity index is 1.84. The number of hydrogen-bond donors (Lipinski definition) is 0. The Morgan fingerprint density at radius 2 is 1.18 bits per heavy atom. The molecule has 0 fully saturated rings. The summed E-state index contributed by atoms with van der Waals surface area (Å²) in [6, 6.07) is 29.2. The summed E-state index contributed by atoms with van der Waals surface area (Å²) < 4.78 is 2.19. The average Bonchev–Trinajstić information content (AvgIpc) is 3.07. The number of rotatable bonds is 1. The third kappa shape index (κ3) is 2.11. The zero-order chi connectivity index (χ0) is 18.7. The summed E-state index contributed by atoms with van der Waals surface area (Å²) in [4.78, 5) is 9.24. The van der Waals surface area contributed by atoms with Crippen LogP contribution in [0.25, 0.3) is 49.3 Å². The van der Waals surface area contributed by atoms with Crippen molar-refractivity contribution >= 4 is 55.1 Å². The van der Waals surface area contributed by atoms with E-state index in [2.05, 4.69) is 87.3 Å². The van der Waals surface area contributed by atoms with Gasteiger partial charge in [-0.25, -0.2) is 4.98 Å². The largest absolute Gasteiger partial charge is 0.293 e. The van der Waals surface area contributed by atoms with Crippen molar-refractivity contribution in [2.24, 2.45) is 0 Å². The van der Waals surface area contributed by atoms with Crippen molar-refractivity contribution < 1.29 is 0 Å². The smallest absolute Gasteiger partial charge is 0.224 e. The maximum absolute atomic E-state index is 6.41. The molecule has 4 heteroatoms. The lowest BCUT2D eigenvalue weighted by Crippen LogP contribution is -2.01. The number of halogens is 1. The van der Waals surface area contributed by atoms with E-state index in [1.54, 1.807) is 0 Å². The van der Waals surface area contributed by atoms with E-state index in [-0.39, 0.29) is 5.28 Å². The van der Waals surface area contributed by atoms with Crippen LogP contribution in [0.2, 0.25) is 5.28 Å². The van der Waals surface area contributed by atoms with Gasteiger partial charge in [-0.3, -0.25) is 4.57 Å². The molecule has 0 aliphatic rings. The van der Waals surface area contributed by atoms with E-state index in [4.69, 9.17) is 11.6 Å². The van der Waals surface area contributed by atoms with Crippen LogP contribution in [0.4, 0.5) is 0 Å². The summed E-state index contributed by atoms with van der Waals surface area (Å²) in [5.74, 6) is 0.804. The standard InChI is InChI=1S/C24H14ClN3/c25-24-26-22-16-8-2-1-7-15(16)13-14-19(22)23(27-24)28-20-11-5-3-9-17(20)18-10-4-6-12-21(18)28/h1-14H. The fourth-order valence-corrected chi connectivity index (χ4v) is 4.31. The summed E-state index contributed by atoms with van der Waals surface area (Å²) in [6.07, 6.45) is 0. The molecule has 0 bridgehead atoms. The molecule has 28 heavy (non-hydrogen) atoms. The number of hydrogen-bond acceptors (Lipinski definition) is 2. The minimum atomic E-state index is 0.251. The van der Waals surface area contributed by atoms with Crippen molar-refractivity contribution in [1.82, 2.24) is 14.5 Å². The summed E-state index contributed by atoms with van der Waals surface area (Å²) in [5.41, 5.74) is 3.08. The molecule has 0 radical (unpaired) electrons. The molecule has 2 aromatic heterocycles. The summed E-state index contributed by atoms with van der Waals surface area (Å²) >= 11 is 6.41. The zero-order valence-corrected chi connectivity index (χ0v) is 15.6. The second-order valence-electron chi connectivity index (χ2n) is 6.87. The maximum Gasteiger partial charge on any atom is 0.224 e. The Bertz CT molecular complexity index is 1480. The molecule has 0 atom stereocenters. The number of fused-ring (bicyclic) bond motifs is 6. The van der Waals surface area contributed by atoms with Gasteiger partial charge in [0, 0.05) is 21.5 Å². The van der Waals surface area contributed by atoms with Gasteiger partial charge in [-0.2, -0.15) is 4.98 Å². The second-order valence-corrected chi connectivity index (χ2v) is 7.21. The molecule has 0 aliphatic heterocycles. The highest BCUT2D eigenvalue weighted by Gasteiger charge is 2.17. The zero-order valence-electron chi connectivity index (χ0n) is 14.8. The second kappa shape index (κ2) is 5.78. The van der Waals surface area contributed by atoms with Gasteiger partial charge in [0.05, 0.1) is 16.6 Å². The molecule has 0 aliphatic carbocycles. The monoisotopic (exact) mass is 379 g/mol. The minimum absolute atomic E-state index is 0.251. The highest BCUT2D eigenvalue weighted by Crippen LogP contribution is 2.35. The van der Waals surface area contributed by atoms with E-state index in [0.29, 0.717) is 0 Å². The minimum Gasteiger partial charge on any atom is -0.293 e. The molecule has 0 unspecified atom stereocenters. The van der Waals surface area contributed by atoms with Gasteiger partial charge in [-0.1, -0.05) is 66.7 Å². The quantitative estimate of drug-likeness (QED) is 0.240. The molecule has 0 amide bonds. The summed E-state index contributed by atoms with van der Waals surface area (Å²) in [5, 5.41) is 5.84. The van der Waals surface area contributed by atoms with E-state index < -0.39 is 0 Å². The van der Waals surface area contributed by atoms with Crippen LogP contribution in [0.1, 0.15) is 0 Å². The van der Waals surface area contributed by atoms with Crippen LogP contribution in [-0.4, -0.2) is 14.5 Å². The Labute approximate surface area is 165 Å². The molecule has 0 saturated heterocycles.